The van der Waals surface area contributed by atoms with Crippen LogP contribution in [0.4, 0.5) is 0 Å². The van der Waals surface area contributed by atoms with Crippen LogP contribution in [0.5, 0.6) is 0 Å². The van der Waals surface area contributed by atoms with Crippen LogP contribution in [0.3, 0.4) is 0 Å². The molecule has 0 spiro atoms. The lowest BCUT2D eigenvalue weighted by molar-refractivity contribution is -0.141. The number of carboxylic acid groups (broad SMARTS) is 1. The van der Waals surface area contributed by atoms with Crippen LogP contribution >= 0.6 is 7.75 Å². The number of aliphatic carboxylic acids is 1. The van der Waals surface area contributed by atoms with Crippen LogP contribution in [0.15, 0.2) is 0 Å². The molecule has 0 aromatic rings. The van der Waals surface area contributed by atoms with Gasteiger partial charge in [-0.3, -0.25) is 9.59 Å². The monoisotopic (exact) mass is 240 g/mol. The molecule has 0 fully saturated rings. The quantitative estimate of drug-likeness (QED) is 0.374. The maximum absolute atomic E-state index is 11.2. The molecule has 9 heteroatoms. The van der Waals surface area contributed by atoms with Crippen LogP contribution < -0.4 is 10.4 Å². The standard InChI is InChI=1S/C6H13N2O6P/c1-3(8-15(12,13)14)5(9)7-4(2)6(10)11/h3-4H,1-2H3,(H,7,9)(H,10,11)(H3,8,12,13,14). The number of amides is 1. The van der Waals surface area contributed by atoms with Gasteiger partial charge in [0.25, 0.3) is 0 Å². The second-order valence-electron chi connectivity index (χ2n) is 2.96. The number of rotatable bonds is 5. The van der Waals surface area contributed by atoms with Gasteiger partial charge < -0.3 is 20.2 Å². The highest BCUT2D eigenvalue weighted by molar-refractivity contribution is 7.49. The van der Waals surface area contributed by atoms with Crippen molar-refractivity contribution in [1.29, 1.82) is 0 Å². The van der Waals surface area contributed by atoms with E-state index in [9.17, 15) is 14.2 Å². The average Bonchev–Trinajstić information content (AvgIpc) is 2.00. The Hall–Kier alpha value is -0.950. The van der Waals surface area contributed by atoms with Crippen molar-refractivity contribution < 1.29 is 29.0 Å². The Morgan fingerprint density at radius 3 is 2.00 bits per heavy atom. The van der Waals surface area contributed by atoms with Crippen LogP contribution in [-0.4, -0.2) is 38.9 Å². The maximum Gasteiger partial charge on any atom is 0.401 e. The molecule has 0 aromatic heterocycles. The van der Waals surface area contributed by atoms with Gasteiger partial charge in [0, 0.05) is 0 Å². The molecule has 0 saturated heterocycles. The first-order chi connectivity index (χ1) is 6.63. The molecule has 5 N–H and O–H groups in total. The lowest BCUT2D eigenvalue weighted by atomic mass is 10.3. The van der Waals surface area contributed by atoms with Crippen molar-refractivity contribution in [2.75, 3.05) is 0 Å². The van der Waals surface area contributed by atoms with Gasteiger partial charge in [-0.25, -0.2) is 9.65 Å². The minimum absolute atomic E-state index is 0.798. The highest BCUT2D eigenvalue weighted by Crippen LogP contribution is 2.28. The lowest BCUT2D eigenvalue weighted by Gasteiger charge is -2.16. The number of carbonyl (C=O) groups excluding carboxylic acids is 1. The van der Waals surface area contributed by atoms with E-state index in [-0.39, 0.29) is 0 Å². The van der Waals surface area contributed by atoms with Gasteiger partial charge in [-0.05, 0) is 13.8 Å². The summed E-state index contributed by atoms with van der Waals surface area (Å²) in [7, 11) is -4.50. The van der Waals surface area contributed by atoms with Crippen LogP contribution in [0.1, 0.15) is 13.8 Å². The van der Waals surface area contributed by atoms with Crippen molar-refractivity contribution in [3.63, 3.8) is 0 Å². The molecule has 0 rings (SSSR count). The molecule has 0 aliphatic rings. The average molecular weight is 240 g/mol. The number of carbonyl (C=O) groups is 2. The fourth-order valence-electron chi connectivity index (χ4n) is 0.711. The predicted octanol–water partition coefficient (Wildman–Crippen LogP) is -1.35. The third-order valence-corrected chi connectivity index (χ3v) is 2.21. The Labute approximate surface area is 85.9 Å². The highest BCUT2D eigenvalue weighted by atomic mass is 31.2. The fourth-order valence-corrected chi connectivity index (χ4v) is 1.33. The molecule has 2 unspecified atom stereocenters. The minimum Gasteiger partial charge on any atom is -0.480 e. The first-order valence-electron chi connectivity index (χ1n) is 4.00. The highest BCUT2D eigenvalue weighted by Gasteiger charge is 2.24. The molecule has 0 radical (unpaired) electrons. The summed E-state index contributed by atoms with van der Waals surface area (Å²) in [5, 5.41) is 12.2. The van der Waals surface area contributed by atoms with Gasteiger partial charge in [-0.1, -0.05) is 0 Å². The molecule has 0 saturated carbocycles. The number of hydrogen-bond donors (Lipinski definition) is 5. The van der Waals surface area contributed by atoms with Crippen LogP contribution in [0.2, 0.25) is 0 Å². The molecule has 1 amide bonds. The van der Waals surface area contributed by atoms with E-state index < -0.39 is 31.7 Å². The van der Waals surface area contributed by atoms with Gasteiger partial charge in [0.2, 0.25) is 5.91 Å². The van der Waals surface area contributed by atoms with E-state index in [2.05, 4.69) is 5.32 Å². The van der Waals surface area contributed by atoms with Crippen LogP contribution in [-0.2, 0) is 14.2 Å². The number of hydrogen-bond acceptors (Lipinski definition) is 3. The van der Waals surface area contributed by atoms with E-state index in [4.69, 9.17) is 14.9 Å². The molecule has 8 nitrogen and oxygen atoms in total. The number of nitrogens with one attached hydrogen (secondary N) is 2. The minimum atomic E-state index is -4.50. The summed E-state index contributed by atoms with van der Waals surface area (Å²) in [5.74, 6) is -2.03. The Balaban J connectivity index is 4.23. The zero-order valence-electron chi connectivity index (χ0n) is 8.17. The van der Waals surface area contributed by atoms with Gasteiger partial charge in [0.15, 0.2) is 0 Å². The van der Waals surface area contributed by atoms with Crippen molar-refractivity contribution in [3.8, 4) is 0 Å². The van der Waals surface area contributed by atoms with Crippen molar-refractivity contribution in [2.45, 2.75) is 25.9 Å². The third-order valence-electron chi connectivity index (χ3n) is 1.48. The molecular weight excluding hydrogens is 227 g/mol. The Bertz CT molecular complexity index is 300. The van der Waals surface area contributed by atoms with Gasteiger partial charge in [-0.15, -0.1) is 0 Å². The van der Waals surface area contributed by atoms with E-state index in [0.29, 0.717) is 0 Å². The van der Waals surface area contributed by atoms with Crippen LogP contribution in [0.25, 0.3) is 0 Å². The summed E-state index contributed by atoms with van der Waals surface area (Å²) in [6, 6.07) is -2.29. The van der Waals surface area contributed by atoms with Crippen LogP contribution in [0, 0.1) is 0 Å². The molecule has 88 valence electrons. The van der Waals surface area contributed by atoms with E-state index in [1.807, 2.05) is 0 Å². The van der Waals surface area contributed by atoms with Crippen molar-refractivity contribution in [1.82, 2.24) is 10.4 Å². The van der Waals surface area contributed by atoms with Gasteiger partial charge >= 0.3 is 13.7 Å². The third kappa shape index (κ3) is 6.19. The fraction of sp³-hybridized carbons (Fsp3) is 0.667. The van der Waals surface area contributed by atoms with Gasteiger partial charge in [0.05, 0.1) is 6.04 Å². The van der Waals surface area contributed by atoms with Crippen molar-refractivity contribution in [2.24, 2.45) is 0 Å². The number of carboxylic acids is 1. The predicted molar refractivity (Wildman–Crippen MR) is 49.9 cm³/mol. The van der Waals surface area contributed by atoms with E-state index in [1.165, 1.54) is 13.8 Å². The molecule has 0 heterocycles. The van der Waals surface area contributed by atoms with E-state index >= 15 is 0 Å². The zero-order valence-corrected chi connectivity index (χ0v) is 9.06. The van der Waals surface area contributed by atoms with E-state index in [0.717, 1.165) is 0 Å². The second-order valence-corrected chi connectivity index (χ2v) is 4.31. The topological polar surface area (TPSA) is 136 Å². The van der Waals surface area contributed by atoms with Crippen molar-refractivity contribution >= 4 is 19.6 Å². The van der Waals surface area contributed by atoms with E-state index in [1.54, 1.807) is 5.09 Å². The first kappa shape index (κ1) is 14.1. The summed E-state index contributed by atoms with van der Waals surface area (Å²) < 4.78 is 10.5. The Kier molecular flexibility index (Phi) is 4.89. The largest absolute Gasteiger partial charge is 0.480 e. The summed E-state index contributed by atoms with van der Waals surface area (Å²) in [4.78, 5) is 38.5. The first-order valence-corrected chi connectivity index (χ1v) is 5.61. The molecule has 0 bridgehead atoms. The molecule has 0 aliphatic carbocycles. The summed E-state index contributed by atoms with van der Waals surface area (Å²) in [6.07, 6.45) is 0. The normalized spacial score (nSPS) is 15.5. The lowest BCUT2D eigenvalue weighted by Crippen LogP contribution is -2.46. The molecular formula is C6H13N2O6P. The summed E-state index contributed by atoms with van der Waals surface area (Å²) >= 11 is 0. The molecule has 2 atom stereocenters. The molecule has 0 aromatic carbocycles. The van der Waals surface area contributed by atoms with Gasteiger partial charge in [0.1, 0.15) is 6.04 Å². The maximum atomic E-state index is 11.2. The molecule has 15 heavy (non-hydrogen) atoms. The SMILES string of the molecule is CC(NC(=O)C(C)NP(=O)(O)O)C(=O)O. The zero-order chi connectivity index (χ0) is 12.2. The Morgan fingerprint density at radius 2 is 1.67 bits per heavy atom. The summed E-state index contributed by atoms with van der Waals surface area (Å²) in [6.45, 7) is 2.45. The van der Waals surface area contributed by atoms with Crippen molar-refractivity contribution in [3.05, 3.63) is 0 Å². The second kappa shape index (κ2) is 5.22. The molecule has 0 aliphatic heterocycles. The smallest absolute Gasteiger partial charge is 0.401 e. The summed E-state index contributed by atoms with van der Waals surface area (Å²) in [5.41, 5.74) is 0. The van der Waals surface area contributed by atoms with Gasteiger partial charge in [-0.2, -0.15) is 0 Å². The Morgan fingerprint density at radius 1 is 1.20 bits per heavy atom.